The normalized spacial score (nSPS) is 12.6. The van der Waals surface area contributed by atoms with Crippen LogP contribution in [0, 0.1) is 0 Å². The van der Waals surface area contributed by atoms with Crippen LogP contribution in [0.5, 0.6) is 0 Å². The van der Waals surface area contributed by atoms with Crippen molar-refractivity contribution in [3.63, 3.8) is 0 Å². The largest absolute Gasteiger partial charge is 0.301 e. The Bertz CT molecular complexity index is 1120. The van der Waals surface area contributed by atoms with E-state index in [0.29, 0.717) is 12.2 Å². The van der Waals surface area contributed by atoms with Crippen molar-refractivity contribution in [3.05, 3.63) is 113 Å². The predicted octanol–water partition coefficient (Wildman–Crippen LogP) is 5.80. The Kier molecular flexibility index (Phi) is 6.28. The highest BCUT2D eigenvalue weighted by Crippen LogP contribution is 2.30. The van der Waals surface area contributed by atoms with Crippen molar-refractivity contribution in [2.75, 3.05) is 0 Å². The standard InChI is InChI=1S/C26H28N2O/c1-5-7-16-21(13-6-2)26(3,4)24-25(29)28(19-20-14-9-8-10-15-20)23-18-12-11-17-22(23)27-24/h5,7-18H,1,6,19H2,2-4H3/b16-7-,21-13+. The van der Waals surface area contributed by atoms with E-state index in [4.69, 9.17) is 4.98 Å². The van der Waals surface area contributed by atoms with Gasteiger partial charge in [0.2, 0.25) is 0 Å². The van der Waals surface area contributed by atoms with Gasteiger partial charge in [0, 0.05) is 5.41 Å². The Balaban J connectivity index is 2.24. The van der Waals surface area contributed by atoms with Crippen LogP contribution in [0.2, 0.25) is 0 Å². The number of hydrogen-bond acceptors (Lipinski definition) is 2. The lowest BCUT2D eigenvalue weighted by Crippen LogP contribution is -2.35. The number of allylic oxidation sites excluding steroid dienone is 5. The van der Waals surface area contributed by atoms with Gasteiger partial charge in [-0.15, -0.1) is 0 Å². The van der Waals surface area contributed by atoms with E-state index in [-0.39, 0.29) is 5.56 Å². The first-order chi connectivity index (χ1) is 14.0. The summed E-state index contributed by atoms with van der Waals surface area (Å²) < 4.78 is 1.84. The van der Waals surface area contributed by atoms with E-state index < -0.39 is 5.41 Å². The zero-order valence-corrected chi connectivity index (χ0v) is 17.4. The number of benzene rings is 2. The molecule has 0 unspecified atom stereocenters. The Morgan fingerprint density at radius 2 is 1.79 bits per heavy atom. The number of fused-ring (bicyclic) bond motifs is 1. The molecular formula is C26H28N2O. The highest BCUT2D eigenvalue weighted by atomic mass is 16.1. The third-order valence-corrected chi connectivity index (χ3v) is 5.19. The molecular weight excluding hydrogens is 356 g/mol. The summed E-state index contributed by atoms with van der Waals surface area (Å²) in [5.41, 5.74) is 3.80. The van der Waals surface area contributed by atoms with Crippen LogP contribution >= 0.6 is 0 Å². The van der Waals surface area contributed by atoms with E-state index in [9.17, 15) is 4.79 Å². The number of hydrogen-bond donors (Lipinski definition) is 0. The van der Waals surface area contributed by atoms with Gasteiger partial charge in [0.05, 0.1) is 17.6 Å². The van der Waals surface area contributed by atoms with Crippen LogP contribution in [0.3, 0.4) is 0 Å². The molecule has 3 heteroatoms. The molecule has 1 aromatic heterocycles. The molecule has 148 valence electrons. The molecule has 29 heavy (non-hydrogen) atoms. The third-order valence-electron chi connectivity index (χ3n) is 5.19. The number of para-hydroxylation sites is 2. The molecule has 2 aromatic carbocycles. The SMILES string of the molecule is C=C/C=C\C(=C/CC)C(C)(C)c1nc2ccccc2n(Cc2ccccc2)c1=O. The second kappa shape index (κ2) is 8.87. The second-order valence-corrected chi connectivity index (χ2v) is 7.61. The zero-order valence-electron chi connectivity index (χ0n) is 17.4. The summed E-state index contributed by atoms with van der Waals surface area (Å²) >= 11 is 0. The Hall–Kier alpha value is -3.20. The van der Waals surface area contributed by atoms with Crippen LogP contribution in [-0.2, 0) is 12.0 Å². The molecule has 0 aliphatic heterocycles. The van der Waals surface area contributed by atoms with Crippen LogP contribution < -0.4 is 5.56 Å². The van der Waals surface area contributed by atoms with Crippen LogP contribution in [-0.4, -0.2) is 9.55 Å². The van der Waals surface area contributed by atoms with Crippen molar-refractivity contribution in [2.24, 2.45) is 0 Å². The highest BCUT2D eigenvalue weighted by Gasteiger charge is 2.30. The van der Waals surface area contributed by atoms with E-state index in [1.165, 1.54) is 0 Å². The molecule has 0 atom stereocenters. The quantitative estimate of drug-likeness (QED) is 0.483. The van der Waals surface area contributed by atoms with Gasteiger partial charge in [0.15, 0.2) is 0 Å². The van der Waals surface area contributed by atoms with Gasteiger partial charge in [0.25, 0.3) is 5.56 Å². The molecule has 3 aromatic rings. The maximum absolute atomic E-state index is 13.6. The van der Waals surface area contributed by atoms with Crippen molar-refractivity contribution in [2.45, 2.75) is 39.2 Å². The first kappa shape index (κ1) is 20.5. The fourth-order valence-electron chi connectivity index (χ4n) is 3.58. The smallest absolute Gasteiger partial charge is 0.273 e. The lowest BCUT2D eigenvalue weighted by Gasteiger charge is -2.27. The summed E-state index contributed by atoms with van der Waals surface area (Å²) in [6, 6.07) is 17.9. The third kappa shape index (κ3) is 4.29. The summed E-state index contributed by atoms with van der Waals surface area (Å²) in [6.07, 6.45) is 8.71. The van der Waals surface area contributed by atoms with Gasteiger partial charge < -0.3 is 4.57 Å². The van der Waals surface area contributed by atoms with Crippen LogP contribution in [0.1, 0.15) is 38.4 Å². The first-order valence-corrected chi connectivity index (χ1v) is 10.0. The van der Waals surface area contributed by atoms with Crippen LogP contribution in [0.4, 0.5) is 0 Å². The van der Waals surface area contributed by atoms with E-state index >= 15 is 0 Å². The lowest BCUT2D eigenvalue weighted by molar-refractivity contribution is 0.590. The molecule has 0 aliphatic rings. The molecule has 0 bridgehead atoms. The van der Waals surface area contributed by atoms with Gasteiger partial charge in [-0.2, -0.15) is 0 Å². The Morgan fingerprint density at radius 3 is 2.48 bits per heavy atom. The zero-order chi connectivity index (χ0) is 20.9. The monoisotopic (exact) mass is 384 g/mol. The van der Waals surface area contributed by atoms with Crippen molar-refractivity contribution in [1.29, 1.82) is 0 Å². The van der Waals surface area contributed by atoms with Gasteiger partial charge >= 0.3 is 0 Å². The maximum Gasteiger partial charge on any atom is 0.273 e. The van der Waals surface area contributed by atoms with E-state index in [0.717, 1.165) is 28.6 Å². The van der Waals surface area contributed by atoms with Crippen molar-refractivity contribution >= 4 is 11.0 Å². The average Bonchev–Trinajstić information content (AvgIpc) is 2.73. The molecule has 0 aliphatic carbocycles. The van der Waals surface area contributed by atoms with Gasteiger partial charge in [-0.3, -0.25) is 4.79 Å². The summed E-state index contributed by atoms with van der Waals surface area (Å²) in [6.45, 7) is 10.5. The minimum atomic E-state index is -0.533. The predicted molar refractivity (Wildman–Crippen MR) is 122 cm³/mol. The minimum Gasteiger partial charge on any atom is -0.301 e. The molecule has 0 saturated heterocycles. The maximum atomic E-state index is 13.6. The molecule has 0 radical (unpaired) electrons. The van der Waals surface area contributed by atoms with Gasteiger partial charge in [-0.1, -0.05) is 80.3 Å². The summed E-state index contributed by atoms with van der Waals surface area (Å²) in [5, 5.41) is 0. The van der Waals surface area contributed by atoms with Crippen molar-refractivity contribution in [3.8, 4) is 0 Å². The minimum absolute atomic E-state index is 0.0495. The number of rotatable bonds is 7. The van der Waals surface area contributed by atoms with Gasteiger partial charge in [0.1, 0.15) is 5.69 Å². The molecule has 3 rings (SSSR count). The molecule has 0 amide bonds. The van der Waals surface area contributed by atoms with Crippen molar-refractivity contribution in [1.82, 2.24) is 9.55 Å². The van der Waals surface area contributed by atoms with Crippen LogP contribution in [0.15, 0.2) is 95.8 Å². The van der Waals surface area contributed by atoms with Crippen LogP contribution in [0.25, 0.3) is 11.0 Å². The summed E-state index contributed by atoms with van der Waals surface area (Å²) in [7, 11) is 0. The molecule has 0 spiro atoms. The topological polar surface area (TPSA) is 34.9 Å². The number of aromatic nitrogens is 2. The molecule has 0 fully saturated rings. The van der Waals surface area contributed by atoms with Crippen molar-refractivity contribution < 1.29 is 0 Å². The number of nitrogens with zero attached hydrogens (tertiary/aromatic N) is 2. The highest BCUT2D eigenvalue weighted by molar-refractivity contribution is 5.75. The lowest BCUT2D eigenvalue weighted by atomic mass is 9.80. The average molecular weight is 385 g/mol. The second-order valence-electron chi connectivity index (χ2n) is 7.61. The van der Waals surface area contributed by atoms with E-state index in [2.05, 4.69) is 33.4 Å². The molecule has 0 saturated carbocycles. The van der Waals surface area contributed by atoms with E-state index in [1.54, 1.807) is 6.08 Å². The molecule has 0 N–H and O–H groups in total. The Morgan fingerprint density at radius 1 is 1.10 bits per heavy atom. The fourth-order valence-corrected chi connectivity index (χ4v) is 3.58. The first-order valence-electron chi connectivity index (χ1n) is 10.0. The summed E-state index contributed by atoms with van der Waals surface area (Å²) in [5.74, 6) is 0. The van der Waals surface area contributed by atoms with E-state index in [1.807, 2.05) is 71.3 Å². The molecule has 3 nitrogen and oxygen atoms in total. The fraction of sp³-hybridized carbons (Fsp3) is 0.231. The molecule has 1 heterocycles. The summed E-state index contributed by atoms with van der Waals surface area (Å²) in [4.78, 5) is 18.5. The Labute approximate surface area is 172 Å². The van der Waals surface area contributed by atoms with Gasteiger partial charge in [-0.05, 0) is 43.5 Å². The van der Waals surface area contributed by atoms with Gasteiger partial charge in [-0.25, -0.2) is 4.98 Å².